The van der Waals surface area contributed by atoms with E-state index in [1.54, 1.807) is 0 Å². The van der Waals surface area contributed by atoms with Gasteiger partial charge in [-0.3, -0.25) is 0 Å². The fraction of sp³-hybridized carbons (Fsp3) is 0.556. The molecule has 1 aromatic heterocycles. The third-order valence-corrected chi connectivity index (χ3v) is 2.05. The van der Waals surface area contributed by atoms with Gasteiger partial charge >= 0.3 is 0 Å². The van der Waals surface area contributed by atoms with Crippen LogP contribution in [0.5, 0.6) is 0 Å². The van der Waals surface area contributed by atoms with Crippen LogP contribution in [0.1, 0.15) is 31.1 Å². The van der Waals surface area contributed by atoms with E-state index in [2.05, 4.69) is 31.8 Å². The third kappa shape index (κ3) is 1.63. The van der Waals surface area contributed by atoms with Gasteiger partial charge < -0.3 is 10.7 Å². The maximum absolute atomic E-state index is 5.95. The lowest BCUT2D eigenvalue weighted by Gasteiger charge is -2.14. The average Bonchev–Trinajstić information content (AvgIpc) is 2.33. The first-order valence-electron chi connectivity index (χ1n) is 4.02. The molecule has 0 fully saturated rings. The average molecular weight is 152 g/mol. The Labute approximate surface area is 67.8 Å². The second-order valence-electron chi connectivity index (χ2n) is 3.34. The van der Waals surface area contributed by atoms with E-state index in [0.717, 1.165) is 0 Å². The predicted octanol–water partition coefficient (Wildman–Crippen LogP) is 1.98. The van der Waals surface area contributed by atoms with Crippen LogP contribution in [0.4, 0.5) is 0 Å². The Balaban J connectivity index is 2.84. The third-order valence-electron chi connectivity index (χ3n) is 2.05. The lowest BCUT2D eigenvalue weighted by molar-refractivity contribution is 0.503. The van der Waals surface area contributed by atoms with Gasteiger partial charge in [0.2, 0.25) is 0 Å². The molecule has 1 atom stereocenters. The molecule has 0 aliphatic carbocycles. The zero-order valence-electron chi connectivity index (χ0n) is 7.39. The van der Waals surface area contributed by atoms with Gasteiger partial charge in [0, 0.05) is 17.9 Å². The highest BCUT2D eigenvalue weighted by atomic mass is 14.8. The molecule has 0 saturated heterocycles. The number of rotatable bonds is 2. The lowest BCUT2D eigenvalue weighted by Crippen LogP contribution is -2.17. The summed E-state index contributed by atoms with van der Waals surface area (Å²) in [4.78, 5) is 3.16. The fourth-order valence-corrected chi connectivity index (χ4v) is 1.15. The van der Waals surface area contributed by atoms with Gasteiger partial charge in [0.25, 0.3) is 0 Å². The van der Waals surface area contributed by atoms with Crippen LogP contribution in [-0.2, 0) is 0 Å². The molecule has 0 aliphatic heterocycles. The van der Waals surface area contributed by atoms with Crippen molar-refractivity contribution in [1.29, 1.82) is 0 Å². The van der Waals surface area contributed by atoms with Crippen LogP contribution in [0, 0.1) is 12.8 Å². The van der Waals surface area contributed by atoms with Crippen LogP contribution in [0.25, 0.3) is 0 Å². The van der Waals surface area contributed by atoms with E-state index in [-0.39, 0.29) is 6.04 Å². The Hall–Kier alpha value is -0.760. The molecule has 1 rings (SSSR count). The van der Waals surface area contributed by atoms with E-state index < -0.39 is 0 Å². The van der Waals surface area contributed by atoms with Gasteiger partial charge in [0.05, 0.1) is 0 Å². The molecule has 0 bridgehead atoms. The number of aromatic amines is 1. The summed E-state index contributed by atoms with van der Waals surface area (Å²) in [6.07, 6.45) is 1.94. The van der Waals surface area contributed by atoms with Crippen LogP contribution in [0.2, 0.25) is 0 Å². The second-order valence-corrected chi connectivity index (χ2v) is 3.34. The summed E-state index contributed by atoms with van der Waals surface area (Å²) >= 11 is 0. The van der Waals surface area contributed by atoms with Gasteiger partial charge in [-0.1, -0.05) is 13.8 Å². The Bertz CT molecular complexity index is 225. The predicted molar refractivity (Wildman–Crippen MR) is 47.3 cm³/mol. The zero-order chi connectivity index (χ0) is 8.43. The van der Waals surface area contributed by atoms with Crippen molar-refractivity contribution in [1.82, 2.24) is 4.98 Å². The van der Waals surface area contributed by atoms with Crippen LogP contribution in [-0.4, -0.2) is 4.98 Å². The molecule has 0 unspecified atom stereocenters. The first kappa shape index (κ1) is 8.34. The minimum atomic E-state index is 0.144. The summed E-state index contributed by atoms with van der Waals surface area (Å²) in [5.41, 5.74) is 8.37. The van der Waals surface area contributed by atoms with E-state index in [1.807, 2.05) is 6.20 Å². The van der Waals surface area contributed by atoms with Crippen molar-refractivity contribution in [3.05, 3.63) is 23.5 Å². The number of aromatic nitrogens is 1. The molecule has 0 radical (unpaired) electrons. The molecule has 2 nitrogen and oxygen atoms in total. The number of hydrogen-bond acceptors (Lipinski definition) is 1. The Morgan fingerprint density at radius 2 is 2.09 bits per heavy atom. The maximum Gasteiger partial charge on any atom is 0.0473 e. The largest absolute Gasteiger partial charge is 0.363 e. The lowest BCUT2D eigenvalue weighted by atomic mass is 10.00. The number of nitrogens with one attached hydrogen (secondary N) is 1. The highest BCUT2D eigenvalue weighted by Crippen LogP contribution is 2.19. The van der Waals surface area contributed by atoms with Gasteiger partial charge in [-0.25, -0.2) is 0 Å². The van der Waals surface area contributed by atoms with Crippen molar-refractivity contribution in [2.45, 2.75) is 26.8 Å². The molecule has 0 saturated carbocycles. The van der Waals surface area contributed by atoms with Crippen molar-refractivity contribution < 1.29 is 0 Å². The maximum atomic E-state index is 5.95. The normalized spacial score (nSPS) is 13.9. The van der Waals surface area contributed by atoms with Crippen molar-refractivity contribution in [3.63, 3.8) is 0 Å². The summed E-state index contributed by atoms with van der Waals surface area (Å²) in [6.45, 7) is 6.34. The molecule has 1 heterocycles. The van der Waals surface area contributed by atoms with Crippen molar-refractivity contribution >= 4 is 0 Å². The summed E-state index contributed by atoms with van der Waals surface area (Å²) in [5, 5.41) is 0. The SMILES string of the molecule is Cc1cc[nH]c1[C@H](N)C(C)C. The summed E-state index contributed by atoms with van der Waals surface area (Å²) in [5.74, 6) is 0.493. The highest BCUT2D eigenvalue weighted by molar-refractivity contribution is 5.21. The van der Waals surface area contributed by atoms with Crippen molar-refractivity contribution in [3.8, 4) is 0 Å². The van der Waals surface area contributed by atoms with E-state index in [9.17, 15) is 0 Å². The van der Waals surface area contributed by atoms with Gasteiger partial charge in [0.15, 0.2) is 0 Å². The topological polar surface area (TPSA) is 41.8 Å². The quantitative estimate of drug-likeness (QED) is 0.668. The summed E-state index contributed by atoms with van der Waals surface area (Å²) < 4.78 is 0. The molecule has 62 valence electrons. The van der Waals surface area contributed by atoms with Gasteiger partial charge in [0.1, 0.15) is 0 Å². The monoisotopic (exact) mass is 152 g/mol. The number of H-pyrrole nitrogens is 1. The van der Waals surface area contributed by atoms with Crippen molar-refractivity contribution in [2.75, 3.05) is 0 Å². The molecule has 0 spiro atoms. The van der Waals surface area contributed by atoms with Crippen LogP contribution in [0.3, 0.4) is 0 Å². The molecule has 0 amide bonds. The van der Waals surface area contributed by atoms with Crippen molar-refractivity contribution in [2.24, 2.45) is 11.7 Å². The number of aryl methyl sites for hydroxylation is 1. The summed E-state index contributed by atoms with van der Waals surface area (Å²) in [7, 11) is 0. The van der Waals surface area contributed by atoms with Gasteiger partial charge in [-0.2, -0.15) is 0 Å². The summed E-state index contributed by atoms with van der Waals surface area (Å²) in [6, 6.07) is 2.20. The molecule has 3 N–H and O–H groups in total. The second kappa shape index (κ2) is 3.09. The minimum absolute atomic E-state index is 0.144. The number of nitrogens with two attached hydrogens (primary N) is 1. The fourth-order valence-electron chi connectivity index (χ4n) is 1.15. The molecular weight excluding hydrogens is 136 g/mol. The van der Waals surface area contributed by atoms with Gasteiger partial charge in [-0.05, 0) is 24.5 Å². The van der Waals surface area contributed by atoms with Crippen LogP contribution < -0.4 is 5.73 Å². The van der Waals surface area contributed by atoms with Crippen LogP contribution >= 0.6 is 0 Å². The first-order chi connectivity index (χ1) is 5.13. The smallest absolute Gasteiger partial charge is 0.0473 e. The van der Waals surface area contributed by atoms with Crippen LogP contribution in [0.15, 0.2) is 12.3 Å². The van der Waals surface area contributed by atoms with Gasteiger partial charge in [-0.15, -0.1) is 0 Å². The van der Waals surface area contributed by atoms with E-state index in [0.29, 0.717) is 5.92 Å². The Morgan fingerprint density at radius 3 is 2.45 bits per heavy atom. The molecular formula is C9H16N2. The first-order valence-corrected chi connectivity index (χ1v) is 4.02. The molecule has 0 aliphatic rings. The van der Waals surface area contributed by atoms with E-state index in [4.69, 9.17) is 5.73 Å². The minimum Gasteiger partial charge on any atom is -0.363 e. The standard InChI is InChI=1S/C9H16N2/c1-6(2)8(10)9-7(3)4-5-11-9/h4-6,8,11H,10H2,1-3H3/t8-/m1/s1. The molecule has 1 aromatic rings. The Kier molecular flexibility index (Phi) is 2.35. The highest BCUT2D eigenvalue weighted by Gasteiger charge is 2.12. The zero-order valence-corrected chi connectivity index (χ0v) is 7.39. The molecule has 2 heteroatoms. The number of hydrogen-bond donors (Lipinski definition) is 2. The Morgan fingerprint density at radius 1 is 1.45 bits per heavy atom. The van der Waals surface area contributed by atoms with E-state index in [1.165, 1.54) is 11.3 Å². The molecule has 11 heavy (non-hydrogen) atoms. The van der Waals surface area contributed by atoms with E-state index >= 15 is 0 Å². The molecule has 0 aromatic carbocycles.